The third kappa shape index (κ3) is 9.67. The van der Waals surface area contributed by atoms with Gasteiger partial charge in [-0.25, -0.2) is 14.6 Å². The molecule has 4 N–H and O–H groups in total. The Bertz CT molecular complexity index is 1430. The van der Waals surface area contributed by atoms with Gasteiger partial charge in [0.05, 0.1) is 19.5 Å². The van der Waals surface area contributed by atoms with Crippen LogP contribution in [-0.4, -0.2) is 62.3 Å². The Morgan fingerprint density at radius 2 is 1.63 bits per heavy atom. The SMILES string of the molecule is Cc1ccccc1C(C(=O)O)n1cnc(NC(=O)[C@@H](COCc2ccccc2)NC(=O)C(C)(C)NC(=O)OC(C)(C)C)c1. The lowest BCUT2D eigenvalue weighted by Crippen LogP contribution is -2.59. The van der Waals surface area contributed by atoms with Gasteiger partial charge in [0.2, 0.25) is 5.91 Å². The Morgan fingerprint density at radius 3 is 2.26 bits per heavy atom. The molecule has 1 heterocycles. The summed E-state index contributed by atoms with van der Waals surface area (Å²) in [4.78, 5) is 55.3. The molecule has 3 amide bonds. The molecule has 3 aromatic rings. The number of carboxylic acids is 1. The van der Waals surface area contributed by atoms with Crippen molar-refractivity contribution in [2.45, 2.75) is 71.4 Å². The van der Waals surface area contributed by atoms with Gasteiger partial charge < -0.3 is 35.1 Å². The second kappa shape index (κ2) is 14.0. The van der Waals surface area contributed by atoms with E-state index in [9.17, 15) is 24.3 Å². The molecule has 0 saturated carbocycles. The van der Waals surface area contributed by atoms with Gasteiger partial charge in [-0.3, -0.25) is 9.59 Å². The average molecular weight is 594 g/mol. The van der Waals surface area contributed by atoms with E-state index in [0.717, 1.165) is 11.1 Å². The Kier molecular flexibility index (Phi) is 10.7. The molecule has 0 saturated heterocycles. The van der Waals surface area contributed by atoms with E-state index in [4.69, 9.17) is 9.47 Å². The number of aryl methyl sites for hydroxylation is 1. The van der Waals surface area contributed by atoms with Crippen molar-refractivity contribution in [3.63, 3.8) is 0 Å². The summed E-state index contributed by atoms with van der Waals surface area (Å²) < 4.78 is 12.4. The van der Waals surface area contributed by atoms with E-state index in [1.165, 1.54) is 30.9 Å². The van der Waals surface area contributed by atoms with Gasteiger partial charge in [-0.15, -0.1) is 0 Å². The monoisotopic (exact) mass is 593 g/mol. The van der Waals surface area contributed by atoms with Crippen molar-refractivity contribution < 1.29 is 33.8 Å². The normalized spacial score (nSPS) is 13.0. The first-order valence-electron chi connectivity index (χ1n) is 13.7. The number of aliphatic carboxylic acids is 1. The minimum Gasteiger partial charge on any atom is -0.479 e. The summed E-state index contributed by atoms with van der Waals surface area (Å²) in [5.74, 6) is -2.32. The predicted octanol–water partition coefficient (Wildman–Crippen LogP) is 3.81. The lowest BCUT2D eigenvalue weighted by molar-refractivity contribution is -0.139. The number of imidazole rings is 1. The van der Waals surface area contributed by atoms with Gasteiger partial charge in [-0.2, -0.15) is 0 Å². The smallest absolute Gasteiger partial charge is 0.408 e. The number of amides is 3. The average Bonchev–Trinajstić information content (AvgIpc) is 3.35. The molecule has 0 radical (unpaired) electrons. The molecule has 0 aliphatic carbocycles. The molecule has 0 aliphatic rings. The molecular weight excluding hydrogens is 554 g/mol. The van der Waals surface area contributed by atoms with Crippen LogP contribution in [-0.2, 0) is 30.5 Å². The van der Waals surface area contributed by atoms with Gasteiger partial charge >= 0.3 is 12.1 Å². The van der Waals surface area contributed by atoms with E-state index >= 15 is 0 Å². The highest BCUT2D eigenvalue weighted by Crippen LogP contribution is 2.23. The number of anilines is 1. The van der Waals surface area contributed by atoms with Crippen LogP contribution in [0.3, 0.4) is 0 Å². The number of carboxylic acid groups (broad SMARTS) is 1. The molecule has 230 valence electrons. The zero-order chi connectivity index (χ0) is 31.8. The quantitative estimate of drug-likeness (QED) is 0.247. The number of alkyl carbamates (subject to hydrolysis) is 1. The molecule has 2 atom stereocenters. The van der Waals surface area contributed by atoms with Crippen LogP contribution in [0, 0.1) is 6.92 Å². The highest BCUT2D eigenvalue weighted by Gasteiger charge is 2.35. The van der Waals surface area contributed by atoms with E-state index < -0.39 is 47.1 Å². The number of benzene rings is 2. The topological polar surface area (TPSA) is 161 Å². The van der Waals surface area contributed by atoms with Crippen LogP contribution in [0.5, 0.6) is 0 Å². The number of hydrogen-bond donors (Lipinski definition) is 4. The predicted molar refractivity (Wildman–Crippen MR) is 159 cm³/mol. The largest absolute Gasteiger partial charge is 0.479 e. The van der Waals surface area contributed by atoms with Gasteiger partial charge in [-0.05, 0) is 58.2 Å². The van der Waals surface area contributed by atoms with Gasteiger partial charge in [0.15, 0.2) is 11.9 Å². The third-order valence-corrected chi connectivity index (χ3v) is 6.27. The standard InChI is InChI=1S/C31H39N5O7/c1-20-12-10-11-15-22(20)25(27(38)39)36-16-24(32-19-36)34-26(37)23(18-42-17-21-13-8-7-9-14-21)33-28(40)31(5,6)35-29(41)43-30(2,3)4/h7-16,19,23,25H,17-18H2,1-6H3,(H,33,40)(H,34,37)(H,35,41)(H,38,39)/t23-,25?/m1/s1. The lowest BCUT2D eigenvalue weighted by Gasteiger charge is -2.29. The van der Waals surface area contributed by atoms with E-state index in [0.29, 0.717) is 5.56 Å². The molecule has 12 heteroatoms. The number of ether oxygens (including phenoxy) is 2. The van der Waals surface area contributed by atoms with Crippen molar-refractivity contribution in [3.8, 4) is 0 Å². The van der Waals surface area contributed by atoms with E-state index in [1.807, 2.05) is 49.4 Å². The van der Waals surface area contributed by atoms with Crippen LogP contribution in [0.1, 0.15) is 57.4 Å². The number of nitrogens with one attached hydrogen (secondary N) is 3. The highest BCUT2D eigenvalue weighted by atomic mass is 16.6. The number of rotatable bonds is 12. The number of hydrogen-bond acceptors (Lipinski definition) is 7. The Hall–Kier alpha value is -4.71. The first-order valence-corrected chi connectivity index (χ1v) is 13.7. The third-order valence-electron chi connectivity index (χ3n) is 6.27. The highest BCUT2D eigenvalue weighted by molar-refractivity contribution is 5.98. The molecule has 0 spiro atoms. The Labute approximate surface area is 250 Å². The van der Waals surface area contributed by atoms with Gasteiger partial charge in [-0.1, -0.05) is 54.6 Å². The summed E-state index contributed by atoms with van der Waals surface area (Å²) in [5.41, 5.74) is 0.0191. The van der Waals surface area contributed by atoms with Crippen molar-refractivity contribution in [3.05, 3.63) is 83.8 Å². The van der Waals surface area contributed by atoms with Crippen molar-refractivity contribution in [2.24, 2.45) is 0 Å². The van der Waals surface area contributed by atoms with Crippen molar-refractivity contribution in [1.82, 2.24) is 20.2 Å². The molecule has 1 aromatic heterocycles. The number of nitrogens with zero attached hydrogens (tertiary/aromatic N) is 2. The fourth-order valence-electron chi connectivity index (χ4n) is 4.08. The summed E-state index contributed by atoms with van der Waals surface area (Å²) in [6.07, 6.45) is 1.93. The number of carbonyl (C=O) groups is 4. The molecule has 2 aromatic carbocycles. The van der Waals surface area contributed by atoms with Crippen LogP contribution in [0.25, 0.3) is 0 Å². The minimum absolute atomic E-state index is 0.0817. The molecule has 3 rings (SSSR count). The second-order valence-electron chi connectivity index (χ2n) is 11.6. The van der Waals surface area contributed by atoms with Crippen molar-refractivity contribution in [2.75, 3.05) is 11.9 Å². The summed E-state index contributed by atoms with van der Waals surface area (Å²) in [6, 6.07) is 14.1. The van der Waals surface area contributed by atoms with Crippen LogP contribution in [0.15, 0.2) is 67.1 Å². The Morgan fingerprint density at radius 1 is 0.977 bits per heavy atom. The molecule has 43 heavy (non-hydrogen) atoms. The maximum Gasteiger partial charge on any atom is 0.408 e. The van der Waals surface area contributed by atoms with Crippen molar-refractivity contribution >= 4 is 29.7 Å². The molecule has 0 fully saturated rings. The second-order valence-corrected chi connectivity index (χ2v) is 11.6. The summed E-state index contributed by atoms with van der Waals surface area (Å²) in [7, 11) is 0. The van der Waals surface area contributed by atoms with Crippen LogP contribution < -0.4 is 16.0 Å². The first kappa shape index (κ1) is 32.8. The van der Waals surface area contributed by atoms with E-state index in [1.54, 1.807) is 32.9 Å². The summed E-state index contributed by atoms with van der Waals surface area (Å²) in [6.45, 7) is 9.85. The molecule has 1 unspecified atom stereocenters. The first-order chi connectivity index (χ1) is 20.2. The molecule has 12 nitrogen and oxygen atoms in total. The minimum atomic E-state index is -1.44. The maximum absolute atomic E-state index is 13.4. The zero-order valence-corrected chi connectivity index (χ0v) is 25.2. The zero-order valence-electron chi connectivity index (χ0n) is 25.2. The van der Waals surface area contributed by atoms with Gasteiger partial charge in [0, 0.05) is 6.20 Å². The number of carbonyl (C=O) groups excluding carboxylic acids is 3. The van der Waals surface area contributed by atoms with E-state index in [-0.39, 0.29) is 19.0 Å². The fraction of sp³-hybridized carbons (Fsp3) is 0.387. The summed E-state index contributed by atoms with van der Waals surface area (Å²) in [5, 5.41) is 17.7. The summed E-state index contributed by atoms with van der Waals surface area (Å²) >= 11 is 0. The fourth-order valence-corrected chi connectivity index (χ4v) is 4.08. The van der Waals surface area contributed by atoms with Gasteiger partial charge in [0.25, 0.3) is 5.91 Å². The Balaban J connectivity index is 1.76. The lowest BCUT2D eigenvalue weighted by atomic mass is 10.0. The molecule has 0 bridgehead atoms. The van der Waals surface area contributed by atoms with E-state index in [2.05, 4.69) is 20.9 Å². The van der Waals surface area contributed by atoms with Crippen LogP contribution in [0.4, 0.5) is 10.6 Å². The maximum atomic E-state index is 13.4. The van der Waals surface area contributed by atoms with Gasteiger partial charge in [0.1, 0.15) is 17.2 Å². The molecular formula is C31H39N5O7. The molecule has 0 aliphatic heterocycles. The van der Waals surface area contributed by atoms with Crippen LogP contribution >= 0.6 is 0 Å². The number of aromatic nitrogens is 2. The van der Waals surface area contributed by atoms with Crippen molar-refractivity contribution in [1.29, 1.82) is 0 Å². The van der Waals surface area contributed by atoms with Crippen LogP contribution in [0.2, 0.25) is 0 Å².